The van der Waals surface area contributed by atoms with Crippen molar-refractivity contribution in [3.63, 3.8) is 0 Å². The number of Topliss-reactive ketones (excluding diaryl/α,β-unsaturated/α-hetero) is 1. The second-order valence-electron chi connectivity index (χ2n) is 7.18. The van der Waals surface area contributed by atoms with Crippen LogP contribution in [-0.2, 0) is 17.6 Å². The first-order valence-electron chi connectivity index (χ1n) is 9.64. The van der Waals surface area contributed by atoms with Crippen LogP contribution in [0.4, 0.5) is 10.5 Å². The molecule has 2 aromatic carbocycles. The van der Waals surface area contributed by atoms with E-state index in [0.717, 1.165) is 20.1 Å². The summed E-state index contributed by atoms with van der Waals surface area (Å²) < 4.78 is 18.2. The van der Waals surface area contributed by atoms with Gasteiger partial charge < -0.3 is 14.2 Å². The summed E-state index contributed by atoms with van der Waals surface area (Å²) in [5, 5.41) is 0. The minimum atomic E-state index is -0.446. The van der Waals surface area contributed by atoms with Crippen LogP contribution in [0, 0.1) is 5.92 Å². The number of carbonyl (C=O) groups is 2. The van der Waals surface area contributed by atoms with Crippen LogP contribution in [0.5, 0.6) is 11.5 Å². The van der Waals surface area contributed by atoms with E-state index in [1.807, 2.05) is 12.1 Å². The maximum atomic E-state index is 13.4. The number of ketones is 1. The Hall–Kier alpha value is -2.06. The molecule has 2 aromatic rings. The van der Waals surface area contributed by atoms with E-state index in [-0.39, 0.29) is 18.4 Å². The summed E-state index contributed by atoms with van der Waals surface area (Å²) >= 11 is 7.16. The van der Waals surface area contributed by atoms with Gasteiger partial charge in [-0.15, -0.1) is 0 Å². The van der Waals surface area contributed by atoms with Gasteiger partial charge in [0.1, 0.15) is 11.5 Å². The van der Waals surface area contributed by atoms with Gasteiger partial charge in [-0.3, -0.25) is 9.69 Å². The maximum absolute atomic E-state index is 13.4. The van der Waals surface area contributed by atoms with Gasteiger partial charge >= 0.3 is 6.09 Å². The van der Waals surface area contributed by atoms with E-state index in [1.54, 1.807) is 38.2 Å². The van der Waals surface area contributed by atoms with Gasteiger partial charge in [-0.25, -0.2) is 4.79 Å². The number of amides is 1. The fourth-order valence-electron chi connectivity index (χ4n) is 4.54. The summed E-state index contributed by atoms with van der Waals surface area (Å²) in [5.41, 5.74) is 2.97. The number of anilines is 1. The number of nitrogens with zero attached hydrogens (tertiary/aromatic N) is 1. The van der Waals surface area contributed by atoms with Gasteiger partial charge in [0.2, 0.25) is 0 Å². The van der Waals surface area contributed by atoms with Crippen molar-refractivity contribution in [1.82, 2.24) is 0 Å². The Morgan fingerprint density at radius 1 is 1.07 bits per heavy atom. The fourth-order valence-corrected chi connectivity index (χ4v) is 5.70. The Labute approximate surface area is 191 Å². The lowest BCUT2D eigenvalue weighted by Gasteiger charge is -2.44. The Kier molecular flexibility index (Phi) is 5.81. The summed E-state index contributed by atoms with van der Waals surface area (Å²) in [6.07, 6.45) is 0.441. The number of ether oxygens (including phenoxy) is 3. The SMILES string of the molecule is CCOC(=O)N1c2ccccc2C(=O)[C@H]2Cc3c(c(OC)c(Br)c(Br)c3OC)C[C@H]21. The van der Waals surface area contributed by atoms with Crippen LogP contribution in [0.15, 0.2) is 33.2 Å². The molecule has 0 fully saturated rings. The molecule has 4 rings (SSSR count). The van der Waals surface area contributed by atoms with E-state index < -0.39 is 12.0 Å². The van der Waals surface area contributed by atoms with E-state index >= 15 is 0 Å². The lowest BCUT2D eigenvalue weighted by atomic mass is 9.72. The Bertz CT molecular complexity index is 1040. The molecule has 30 heavy (non-hydrogen) atoms. The Morgan fingerprint density at radius 2 is 1.67 bits per heavy atom. The summed E-state index contributed by atoms with van der Waals surface area (Å²) in [5.74, 6) is 0.974. The van der Waals surface area contributed by atoms with E-state index in [1.165, 1.54) is 0 Å². The molecule has 0 saturated heterocycles. The van der Waals surface area contributed by atoms with Crippen LogP contribution in [0.2, 0.25) is 0 Å². The molecular weight excluding hydrogens is 518 g/mol. The zero-order valence-corrected chi connectivity index (χ0v) is 20.0. The number of rotatable bonds is 3. The lowest BCUT2D eigenvalue weighted by molar-refractivity contribution is 0.0873. The van der Waals surface area contributed by atoms with Gasteiger partial charge in [0.15, 0.2) is 5.78 Å². The van der Waals surface area contributed by atoms with Gasteiger partial charge in [0.05, 0.1) is 41.5 Å². The van der Waals surface area contributed by atoms with Crippen molar-refractivity contribution in [1.29, 1.82) is 0 Å². The molecule has 0 bridgehead atoms. The zero-order valence-electron chi connectivity index (χ0n) is 16.8. The molecule has 0 radical (unpaired) electrons. The number of hydrogen-bond donors (Lipinski definition) is 0. The van der Waals surface area contributed by atoms with E-state index in [4.69, 9.17) is 14.2 Å². The Morgan fingerprint density at radius 3 is 2.27 bits per heavy atom. The van der Waals surface area contributed by atoms with Crippen LogP contribution in [0.1, 0.15) is 28.4 Å². The summed E-state index contributed by atoms with van der Waals surface area (Å²) in [7, 11) is 3.21. The topological polar surface area (TPSA) is 65.1 Å². The van der Waals surface area contributed by atoms with Gasteiger partial charge in [-0.1, -0.05) is 12.1 Å². The number of hydrogen-bond acceptors (Lipinski definition) is 5. The highest BCUT2D eigenvalue weighted by Gasteiger charge is 2.47. The van der Waals surface area contributed by atoms with Crippen molar-refractivity contribution in [3.8, 4) is 11.5 Å². The van der Waals surface area contributed by atoms with Crippen LogP contribution >= 0.6 is 31.9 Å². The van der Waals surface area contributed by atoms with Crippen molar-refractivity contribution in [2.75, 3.05) is 25.7 Å². The molecule has 0 unspecified atom stereocenters. The van der Waals surface area contributed by atoms with E-state index in [0.29, 0.717) is 35.6 Å². The molecule has 2 atom stereocenters. The quantitative estimate of drug-likeness (QED) is 0.539. The lowest BCUT2D eigenvalue weighted by Crippen LogP contribution is -2.54. The smallest absolute Gasteiger partial charge is 0.414 e. The van der Waals surface area contributed by atoms with E-state index in [2.05, 4.69) is 31.9 Å². The standard InChI is InChI=1S/C22H21Br2NO5/c1-4-30-22(27)25-15-8-6-5-7-11(15)19(26)14-9-12-13(10-16(14)25)21(29-3)18(24)17(23)20(12)28-2/h5-8,14,16H,4,9-10H2,1-3H3/t14-,16+/m0/s1. The van der Waals surface area contributed by atoms with Gasteiger partial charge in [0, 0.05) is 22.6 Å². The van der Waals surface area contributed by atoms with Crippen LogP contribution in [0.3, 0.4) is 0 Å². The third kappa shape index (κ3) is 3.12. The molecule has 2 aliphatic rings. The molecule has 6 nitrogen and oxygen atoms in total. The van der Waals surface area contributed by atoms with E-state index in [9.17, 15) is 9.59 Å². The van der Waals surface area contributed by atoms with Crippen molar-refractivity contribution < 1.29 is 23.8 Å². The molecule has 0 aromatic heterocycles. The number of para-hydroxylation sites is 1. The van der Waals surface area contributed by atoms with Crippen molar-refractivity contribution in [3.05, 3.63) is 49.9 Å². The number of carbonyl (C=O) groups excluding carboxylic acids is 2. The third-order valence-corrected chi connectivity index (χ3v) is 7.82. The van der Waals surface area contributed by atoms with Gasteiger partial charge in [-0.2, -0.15) is 0 Å². The molecule has 1 aliphatic heterocycles. The molecule has 1 aliphatic carbocycles. The minimum absolute atomic E-state index is 0.0295. The molecule has 1 amide bonds. The largest absolute Gasteiger partial charge is 0.495 e. The maximum Gasteiger partial charge on any atom is 0.414 e. The third-order valence-electron chi connectivity index (χ3n) is 5.78. The molecule has 8 heteroatoms. The highest BCUT2D eigenvalue weighted by Crippen LogP contribution is 2.51. The molecule has 0 spiro atoms. The summed E-state index contributed by atoms with van der Waals surface area (Å²) in [6.45, 7) is 2.03. The number of benzene rings is 2. The molecular formula is C22H21Br2NO5. The first-order chi connectivity index (χ1) is 14.4. The average Bonchev–Trinajstić information content (AvgIpc) is 2.75. The second-order valence-corrected chi connectivity index (χ2v) is 8.77. The summed E-state index contributed by atoms with van der Waals surface area (Å²) in [6, 6.07) is 6.84. The molecule has 0 N–H and O–H groups in total. The highest BCUT2D eigenvalue weighted by molar-refractivity contribution is 9.13. The van der Waals surface area contributed by atoms with Crippen molar-refractivity contribution in [2.45, 2.75) is 25.8 Å². The predicted octanol–water partition coefficient (Wildman–Crippen LogP) is 5.17. The summed E-state index contributed by atoms with van der Waals surface area (Å²) in [4.78, 5) is 28.0. The predicted molar refractivity (Wildman–Crippen MR) is 120 cm³/mol. The minimum Gasteiger partial charge on any atom is -0.495 e. The highest BCUT2D eigenvalue weighted by atomic mass is 79.9. The Balaban J connectivity index is 1.91. The van der Waals surface area contributed by atoms with Gasteiger partial charge in [-0.05, 0) is 63.8 Å². The molecule has 0 saturated carbocycles. The molecule has 158 valence electrons. The number of halogens is 2. The first-order valence-corrected chi connectivity index (χ1v) is 11.2. The second kappa shape index (κ2) is 8.23. The van der Waals surface area contributed by atoms with Crippen molar-refractivity contribution >= 4 is 49.4 Å². The molecule has 1 heterocycles. The van der Waals surface area contributed by atoms with Crippen LogP contribution in [-0.4, -0.2) is 38.7 Å². The normalized spacial score (nSPS) is 19.5. The number of fused-ring (bicyclic) bond motifs is 3. The van der Waals surface area contributed by atoms with Crippen LogP contribution in [0.25, 0.3) is 0 Å². The van der Waals surface area contributed by atoms with Gasteiger partial charge in [0.25, 0.3) is 0 Å². The van der Waals surface area contributed by atoms with Crippen LogP contribution < -0.4 is 14.4 Å². The monoisotopic (exact) mass is 537 g/mol. The average molecular weight is 539 g/mol. The fraction of sp³-hybridized carbons (Fsp3) is 0.364. The zero-order chi connectivity index (χ0) is 21.6. The number of methoxy groups -OCH3 is 2. The first kappa shape index (κ1) is 21.2. The van der Waals surface area contributed by atoms with Crippen molar-refractivity contribution in [2.24, 2.45) is 5.92 Å².